The van der Waals surface area contributed by atoms with Gasteiger partial charge < -0.3 is 5.32 Å². The minimum Gasteiger partial charge on any atom is -0.380 e. The Labute approximate surface area is 122 Å². The molecule has 0 aromatic rings. The Bertz CT molecular complexity index is 418. The highest BCUT2D eigenvalue weighted by atomic mass is 32.1. The third-order valence-electron chi connectivity index (χ3n) is 3.69. The van der Waals surface area contributed by atoms with Crippen LogP contribution in [0, 0.1) is 5.41 Å². The molecule has 0 amide bonds. The summed E-state index contributed by atoms with van der Waals surface area (Å²) in [5, 5.41) is 3.00. The van der Waals surface area contributed by atoms with Crippen molar-refractivity contribution >= 4 is 23.0 Å². The maximum atomic E-state index is 11.9. The van der Waals surface area contributed by atoms with Crippen LogP contribution in [0.25, 0.3) is 0 Å². The average Bonchev–Trinajstić information content (AvgIpc) is 2.27. The summed E-state index contributed by atoms with van der Waals surface area (Å²) in [6, 6.07) is 0. The molecule has 19 heavy (non-hydrogen) atoms. The molecule has 0 atom stereocenters. The molecule has 0 spiro atoms. The molecule has 106 valence electrons. The van der Waals surface area contributed by atoms with E-state index >= 15 is 0 Å². The molecule has 0 saturated heterocycles. The fraction of sp³-hybridized carbons (Fsp3) is 0.625. The van der Waals surface area contributed by atoms with Crippen LogP contribution in [0.4, 0.5) is 0 Å². The van der Waals surface area contributed by atoms with Crippen LogP contribution in [0.3, 0.4) is 0 Å². The molecular formula is C16H25NOS. The van der Waals surface area contributed by atoms with Gasteiger partial charge >= 0.3 is 0 Å². The summed E-state index contributed by atoms with van der Waals surface area (Å²) in [4.78, 5) is 12.5. The molecule has 1 rings (SSSR count). The zero-order chi connectivity index (χ0) is 14.5. The third-order valence-corrected chi connectivity index (χ3v) is 3.98. The monoisotopic (exact) mass is 279 g/mol. The summed E-state index contributed by atoms with van der Waals surface area (Å²) >= 11 is 5.09. The molecule has 0 aromatic carbocycles. The minimum atomic E-state index is 0.0765. The van der Waals surface area contributed by atoms with E-state index < -0.39 is 0 Å². The minimum absolute atomic E-state index is 0.0765. The molecular weight excluding hydrogens is 254 g/mol. The fourth-order valence-corrected chi connectivity index (χ4v) is 2.95. The normalized spacial score (nSPS) is 18.7. The Kier molecular flexibility index (Phi) is 5.92. The van der Waals surface area contributed by atoms with E-state index in [2.05, 4.69) is 26.1 Å². The number of hydrogen-bond acceptors (Lipinski definition) is 2. The molecule has 2 nitrogen and oxygen atoms in total. The van der Waals surface area contributed by atoms with Gasteiger partial charge in [0.15, 0.2) is 5.78 Å². The van der Waals surface area contributed by atoms with Crippen LogP contribution in [-0.4, -0.2) is 17.3 Å². The molecule has 0 saturated carbocycles. The van der Waals surface area contributed by atoms with Crippen molar-refractivity contribution in [2.24, 2.45) is 5.41 Å². The lowest BCUT2D eigenvalue weighted by atomic mass is 9.72. The van der Waals surface area contributed by atoms with Crippen LogP contribution in [0.1, 0.15) is 53.4 Å². The molecule has 0 heterocycles. The van der Waals surface area contributed by atoms with Crippen LogP contribution >= 0.6 is 12.2 Å². The van der Waals surface area contributed by atoms with Crippen molar-refractivity contribution in [3.8, 4) is 0 Å². The summed E-state index contributed by atoms with van der Waals surface area (Å²) in [6.45, 7) is 9.43. The standard InChI is InChI=1S/C16H25NOS/c1-5-17-15(19)11-13(18)8-9-14-12(2)7-6-10-16(14,3)4/h8-9H,5-7,10-11H2,1-4H3,(H,17,19)/b9-8+. The van der Waals surface area contributed by atoms with Crippen molar-refractivity contribution in [1.82, 2.24) is 5.32 Å². The van der Waals surface area contributed by atoms with Gasteiger partial charge in [0.05, 0.1) is 11.4 Å². The lowest BCUT2D eigenvalue weighted by molar-refractivity contribution is -0.113. The summed E-state index contributed by atoms with van der Waals surface area (Å²) < 4.78 is 0. The summed E-state index contributed by atoms with van der Waals surface area (Å²) in [7, 11) is 0. The molecule has 1 aliphatic carbocycles. The second kappa shape index (κ2) is 6.99. The topological polar surface area (TPSA) is 29.1 Å². The fourth-order valence-electron chi connectivity index (χ4n) is 2.66. The van der Waals surface area contributed by atoms with Gasteiger partial charge in [-0.15, -0.1) is 0 Å². The van der Waals surface area contributed by atoms with Gasteiger partial charge in [0.1, 0.15) is 0 Å². The maximum absolute atomic E-state index is 11.9. The first-order valence-electron chi connectivity index (χ1n) is 7.04. The number of hydrogen-bond donors (Lipinski definition) is 1. The van der Waals surface area contributed by atoms with Crippen LogP contribution < -0.4 is 5.32 Å². The number of rotatable bonds is 5. The Balaban J connectivity index is 2.70. The van der Waals surface area contributed by atoms with Crippen molar-refractivity contribution in [3.63, 3.8) is 0 Å². The number of allylic oxidation sites excluding steroid dienone is 4. The van der Waals surface area contributed by atoms with Gasteiger partial charge in [0.25, 0.3) is 0 Å². The van der Waals surface area contributed by atoms with E-state index in [-0.39, 0.29) is 11.2 Å². The van der Waals surface area contributed by atoms with Crippen molar-refractivity contribution in [2.75, 3.05) is 6.54 Å². The van der Waals surface area contributed by atoms with Crippen molar-refractivity contribution in [3.05, 3.63) is 23.3 Å². The Morgan fingerprint density at radius 2 is 2.16 bits per heavy atom. The molecule has 3 heteroatoms. The maximum Gasteiger partial charge on any atom is 0.162 e. The second-order valence-electron chi connectivity index (χ2n) is 5.86. The first-order valence-corrected chi connectivity index (χ1v) is 7.45. The van der Waals surface area contributed by atoms with E-state index in [0.29, 0.717) is 11.4 Å². The van der Waals surface area contributed by atoms with E-state index in [4.69, 9.17) is 12.2 Å². The van der Waals surface area contributed by atoms with E-state index in [1.54, 1.807) is 6.08 Å². The summed E-state index contributed by atoms with van der Waals surface area (Å²) in [5.41, 5.74) is 2.91. The first kappa shape index (κ1) is 16.1. The van der Waals surface area contributed by atoms with Gasteiger partial charge in [-0.3, -0.25) is 4.79 Å². The zero-order valence-electron chi connectivity index (χ0n) is 12.5. The SMILES string of the molecule is CCNC(=S)CC(=O)/C=C/C1=C(C)CCCC1(C)C. The Hall–Kier alpha value is -0.960. The van der Waals surface area contributed by atoms with Crippen LogP contribution in [-0.2, 0) is 4.79 Å². The number of carbonyl (C=O) groups is 1. The molecule has 1 N–H and O–H groups in total. The highest BCUT2D eigenvalue weighted by Crippen LogP contribution is 2.40. The van der Waals surface area contributed by atoms with Gasteiger partial charge in [-0.1, -0.05) is 37.7 Å². The molecule has 0 fully saturated rings. The van der Waals surface area contributed by atoms with Gasteiger partial charge in [-0.25, -0.2) is 0 Å². The van der Waals surface area contributed by atoms with Crippen molar-refractivity contribution in [2.45, 2.75) is 53.4 Å². The molecule has 0 radical (unpaired) electrons. The third kappa shape index (κ3) is 4.90. The first-order chi connectivity index (χ1) is 8.86. The Morgan fingerprint density at radius 1 is 1.47 bits per heavy atom. The van der Waals surface area contributed by atoms with E-state index in [9.17, 15) is 4.79 Å². The molecule has 0 aliphatic heterocycles. The summed E-state index contributed by atoms with van der Waals surface area (Å²) in [6.07, 6.45) is 7.59. The van der Waals surface area contributed by atoms with Gasteiger partial charge in [-0.2, -0.15) is 0 Å². The quantitative estimate of drug-likeness (QED) is 0.610. The largest absolute Gasteiger partial charge is 0.380 e. The molecule has 1 aliphatic rings. The number of carbonyl (C=O) groups excluding carboxylic acids is 1. The van der Waals surface area contributed by atoms with E-state index in [1.165, 1.54) is 24.0 Å². The number of ketones is 1. The van der Waals surface area contributed by atoms with Crippen LogP contribution in [0.5, 0.6) is 0 Å². The number of thiocarbonyl (C=S) groups is 1. The van der Waals surface area contributed by atoms with Gasteiger partial charge in [0, 0.05) is 6.54 Å². The highest BCUT2D eigenvalue weighted by Gasteiger charge is 2.26. The Morgan fingerprint density at radius 3 is 2.74 bits per heavy atom. The smallest absolute Gasteiger partial charge is 0.162 e. The summed E-state index contributed by atoms with van der Waals surface area (Å²) in [5.74, 6) is 0.0765. The van der Waals surface area contributed by atoms with E-state index in [0.717, 1.165) is 13.0 Å². The van der Waals surface area contributed by atoms with Crippen molar-refractivity contribution < 1.29 is 4.79 Å². The molecule has 0 unspecified atom stereocenters. The van der Waals surface area contributed by atoms with Crippen LogP contribution in [0.15, 0.2) is 23.3 Å². The van der Waals surface area contributed by atoms with Crippen LogP contribution in [0.2, 0.25) is 0 Å². The van der Waals surface area contributed by atoms with E-state index in [1.807, 2.05) is 13.0 Å². The average molecular weight is 279 g/mol. The lowest BCUT2D eigenvalue weighted by Gasteiger charge is -2.32. The zero-order valence-corrected chi connectivity index (χ0v) is 13.3. The second-order valence-corrected chi connectivity index (χ2v) is 6.35. The van der Waals surface area contributed by atoms with Gasteiger partial charge in [0.2, 0.25) is 0 Å². The van der Waals surface area contributed by atoms with Gasteiger partial charge in [-0.05, 0) is 50.2 Å². The predicted molar refractivity (Wildman–Crippen MR) is 85.4 cm³/mol. The molecule has 0 bridgehead atoms. The number of nitrogens with one attached hydrogen (secondary N) is 1. The highest BCUT2D eigenvalue weighted by molar-refractivity contribution is 7.80. The lowest BCUT2D eigenvalue weighted by Crippen LogP contribution is -2.23. The molecule has 0 aromatic heterocycles. The van der Waals surface area contributed by atoms with Crippen molar-refractivity contribution in [1.29, 1.82) is 0 Å². The predicted octanol–water partition coefficient (Wildman–Crippen LogP) is 3.97.